The van der Waals surface area contributed by atoms with Crippen molar-refractivity contribution < 1.29 is 0 Å². The highest BCUT2D eigenvalue weighted by Gasteiger charge is 2.06. The Morgan fingerprint density at radius 2 is 1.92 bits per heavy atom. The van der Waals surface area contributed by atoms with Crippen LogP contribution in [0, 0.1) is 0 Å². The Labute approximate surface area is 146 Å². The number of aryl methyl sites for hydroxylation is 1. The molecule has 0 bridgehead atoms. The molecule has 1 aromatic carbocycles. The van der Waals surface area contributed by atoms with Crippen LogP contribution in [-0.2, 0) is 26.7 Å². The van der Waals surface area contributed by atoms with Crippen molar-refractivity contribution in [1.82, 2.24) is 35.2 Å². The monoisotopic (exact) mass is 338 g/mol. The molecule has 0 amide bonds. The van der Waals surface area contributed by atoms with Gasteiger partial charge in [-0.1, -0.05) is 24.3 Å². The molecule has 25 heavy (non-hydrogen) atoms. The van der Waals surface area contributed by atoms with Crippen LogP contribution in [0.4, 0.5) is 0 Å². The second-order valence-electron chi connectivity index (χ2n) is 5.61. The van der Waals surface area contributed by atoms with Crippen molar-refractivity contribution >= 4 is 5.96 Å². The summed E-state index contributed by atoms with van der Waals surface area (Å²) in [5, 5.41) is 18.8. The molecule has 3 rings (SSSR count). The molecule has 2 N–H and O–H groups in total. The minimum absolute atomic E-state index is 0.561. The van der Waals surface area contributed by atoms with Crippen LogP contribution in [0.1, 0.15) is 17.0 Å². The maximum absolute atomic E-state index is 4.28. The lowest BCUT2D eigenvalue weighted by molar-refractivity contribution is 0.676. The third-order valence-electron chi connectivity index (χ3n) is 3.90. The Balaban J connectivity index is 1.59. The number of nitrogens with one attached hydrogen (secondary N) is 2. The Kier molecular flexibility index (Phi) is 5.40. The summed E-state index contributed by atoms with van der Waals surface area (Å²) in [6.07, 6.45) is 5.43. The van der Waals surface area contributed by atoms with Gasteiger partial charge in [0.25, 0.3) is 0 Å². The zero-order chi connectivity index (χ0) is 17.5. The van der Waals surface area contributed by atoms with Gasteiger partial charge in [0, 0.05) is 33.0 Å². The van der Waals surface area contributed by atoms with Gasteiger partial charge in [-0.05, 0) is 17.2 Å². The molecule has 0 radical (unpaired) electrons. The third-order valence-corrected chi connectivity index (χ3v) is 3.90. The number of nitrogens with zero attached hydrogens (tertiary/aromatic N) is 6. The van der Waals surface area contributed by atoms with Crippen LogP contribution in [0.5, 0.6) is 0 Å². The molecule has 2 heterocycles. The van der Waals surface area contributed by atoms with E-state index in [9.17, 15) is 0 Å². The van der Waals surface area contributed by atoms with E-state index in [1.807, 2.05) is 40.7 Å². The van der Waals surface area contributed by atoms with Crippen molar-refractivity contribution in [1.29, 1.82) is 0 Å². The SMILES string of the molecule is CN=C(NCc1ccccc1Cn1cccn1)NCc1nncn1C. The first-order chi connectivity index (χ1) is 12.3. The Morgan fingerprint density at radius 3 is 2.60 bits per heavy atom. The van der Waals surface area contributed by atoms with Crippen LogP contribution in [0.3, 0.4) is 0 Å². The molecule has 0 fully saturated rings. The highest BCUT2D eigenvalue weighted by Crippen LogP contribution is 2.10. The minimum atomic E-state index is 0.561. The van der Waals surface area contributed by atoms with Crippen LogP contribution >= 0.6 is 0 Å². The number of guanidine groups is 1. The maximum atomic E-state index is 4.28. The molecule has 8 nitrogen and oxygen atoms in total. The highest BCUT2D eigenvalue weighted by molar-refractivity contribution is 5.79. The summed E-state index contributed by atoms with van der Waals surface area (Å²) in [6.45, 7) is 1.98. The highest BCUT2D eigenvalue weighted by atomic mass is 15.3. The lowest BCUT2D eigenvalue weighted by Gasteiger charge is -2.14. The molecule has 8 heteroatoms. The van der Waals surface area contributed by atoms with Crippen molar-refractivity contribution in [2.75, 3.05) is 7.05 Å². The summed E-state index contributed by atoms with van der Waals surface area (Å²) >= 11 is 0. The lowest BCUT2D eigenvalue weighted by Crippen LogP contribution is -2.37. The van der Waals surface area contributed by atoms with Crippen molar-refractivity contribution in [3.63, 3.8) is 0 Å². The van der Waals surface area contributed by atoms with Gasteiger partial charge in [-0.15, -0.1) is 10.2 Å². The normalized spacial score (nSPS) is 11.5. The van der Waals surface area contributed by atoms with E-state index >= 15 is 0 Å². The number of aromatic nitrogens is 5. The van der Waals surface area contributed by atoms with Crippen LogP contribution < -0.4 is 10.6 Å². The maximum Gasteiger partial charge on any atom is 0.191 e. The van der Waals surface area contributed by atoms with Crippen molar-refractivity contribution in [2.45, 2.75) is 19.6 Å². The van der Waals surface area contributed by atoms with Crippen LogP contribution in [0.25, 0.3) is 0 Å². The van der Waals surface area contributed by atoms with E-state index in [1.54, 1.807) is 19.6 Å². The lowest BCUT2D eigenvalue weighted by atomic mass is 10.1. The van der Waals surface area contributed by atoms with Gasteiger partial charge < -0.3 is 15.2 Å². The molecular formula is C17H22N8. The second-order valence-corrected chi connectivity index (χ2v) is 5.61. The van der Waals surface area contributed by atoms with Gasteiger partial charge in [0.2, 0.25) is 0 Å². The van der Waals surface area contributed by atoms with Gasteiger partial charge in [-0.25, -0.2) is 0 Å². The molecule has 0 atom stereocenters. The molecular weight excluding hydrogens is 316 g/mol. The first kappa shape index (κ1) is 16.7. The van der Waals surface area contributed by atoms with Crippen LogP contribution in [0.15, 0.2) is 54.0 Å². The van der Waals surface area contributed by atoms with Gasteiger partial charge in [0.05, 0.1) is 13.1 Å². The Morgan fingerprint density at radius 1 is 1.12 bits per heavy atom. The predicted molar refractivity (Wildman–Crippen MR) is 95.8 cm³/mol. The average molecular weight is 338 g/mol. The fraction of sp³-hybridized carbons (Fsp3) is 0.294. The van der Waals surface area contributed by atoms with E-state index in [1.165, 1.54) is 11.1 Å². The van der Waals surface area contributed by atoms with E-state index in [-0.39, 0.29) is 0 Å². The molecule has 0 spiro atoms. The molecule has 0 saturated heterocycles. The fourth-order valence-electron chi connectivity index (χ4n) is 2.48. The first-order valence-electron chi connectivity index (χ1n) is 8.08. The van der Waals surface area contributed by atoms with E-state index in [0.29, 0.717) is 13.1 Å². The molecule has 2 aromatic heterocycles. The Bertz CT molecular complexity index is 819. The minimum Gasteiger partial charge on any atom is -0.352 e. The number of hydrogen-bond donors (Lipinski definition) is 2. The summed E-state index contributed by atoms with van der Waals surface area (Å²) in [5.41, 5.74) is 2.43. The van der Waals surface area contributed by atoms with Gasteiger partial charge in [0.1, 0.15) is 6.33 Å². The van der Waals surface area contributed by atoms with Crippen LogP contribution in [0.2, 0.25) is 0 Å². The molecule has 0 saturated carbocycles. The van der Waals surface area contributed by atoms with Crippen molar-refractivity contribution in [3.8, 4) is 0 Å². The zero-order valence-electron chi connectivity index (χ0n) is 14.4. The summed E-state index contributed by atoms with van der Waals surface area (Å²) in [7, 11) is 3.67. The standard InChI is InChI=1S/C17H22N8/c1-18-17(20-11-16-23-21-13-24(16)2)19-10-14-6-3-4-7-15(14)12-25-9-5-8-22-25/h3-9,13H,10-12H2,1-2H3,(H2,18,19,20). The molecule has 0 aliphatic rings. The fourth-order valence-corrected chi connectivity index (χ4v) is 2.48. The first-order valence-corrected chi connectivity index (χ1v) is 8.08. The predicted octanol–water partition coefficient (Wildman–Crippen LogP) is 0.925. The molecule has 3 aromatic rings. The van der Waals surface area contributed by atoms with Gasteiger partial charge in [-0.3, -0.25) is 9.67 Å². The molecule has 0 aliphatic heterocycles. The molecule has 0 aliphatic carbocycles. The van der Waals surface area contributed by atoms with Crippen molar-refractivity contribution in [2.24, 2.45) is 12.0 Å². The smallest absolute Gasteiger partial charge is 0.191 e. The largest absolute Gasteiger partial charge is 0.352 e. The van der Waals surface area contributed by atoms with Gasteiger partial charge in [0.15, 0.2) is 11.8 Å². The van der Waals surface area contributed by atoms with E-state index < -0.39 is 0 Å². The van der Waals surface area contributed by atoms with E-state index in [2.05, 4.69) is 43.1 Å². The number of hydrogen-bond acceptors (Lipinski definition) is 4. The van der Waals surface area contributed by atoms with Gasteiger partial charge in [-0.2, -0.15) is 5.10 Å². The van der Waals surface area contributed by atoms with Crippen molar-refractivity contribution in [3.05, 3.63) is 66.0 Å². The number of rotatable bonds is 6. The second kappa shape index (κ2) is 8.09. The third kappa shape index (κ3) is 4.43. The average Bonchev–Trinajstić information content (AvgIpc) is 3.28. The summed E-state index contributed by atoms with van der Waals surface area (Å²) < 4.78 is 3.79. The van der Waals surface area contributed by atoms with E-state index in [0.717, 1.165) is 18.3 Å². The number of aliphatic imine (C=N–C) groups is 1. The summed E-state index contributed by atoms with van der Waals surface area (Å²) in [5.74, 6) is 1.57. The van der Waals surface area contributed by atoms with Gasteiger partial charge >= 0.3 is 0 Å². The van der Waals surface area contributed by atoms with Crippen LogP contribution in [-0.4, -0.2) is 37.6 Å². The number of benzene rings is 1. The molecule has 0 unspecified atom stereocenters. The topological polar surface area (TPSA) is 84.9 Å². The Hall–Kier alpha value is -3.16. The van der Waals surface area contributed by atoms with E-state index in [4.69, 9.17) is 0 Å². The quantitative estimate of drug-likeness (QED) is 0.516. The molecule has 130 valence electrons. The summed E-state index contributed by atoms with van der Waals surface area (Å²) in [4.78, 5) is 4.26. The zero-order valence-corrected chi connectivity index (χ0v) is 14.4. The summed E-state index contributed by atoms with van der Waals surface area (Å²) in [6, 6.07) is 10.2.